The van der Waals surface area contributed by atoms with Gasteiger partial charge in [0.1, 0.15) is 17.6 Å². The molecule has 1 atom stereocenters. The predicted molar refractivity (Wildman–Crippen MR) is 85.7 cm³/mol. The summed E-state index contributed by atoms with van der Waals surface area (Å²) in [7, 11) is 0. The number of ether oxygens (including phenoxy) is 1. The Labute approximate surface area is 145 Å². The van der Waals surface area contributed by atoms with Crippen molar-refractivity contribution in [3.8, 4) is 17.0 Å². The molecule has 0 aliphatic heterocycles. The number of hydrogen-bond acceptors (Lipinski definition) is 5. The fourth-order valence-corrected chi connectivity index (χ4v) is 2.37. The lowest BCUT2D eigenvalue weighted by Gasteiger charge is -2.14. The molecule has 0 bridgehead atoms. The molecule has 3 rings (SSSR count). The van der Waals surface area contributed by atoms with Gasteiger partial charge in [0.15, 0.2) is 0 Å². The van der Waals surface area contributed by atoms with E-state index in [1.165, 1.54) is 33.8 Å². The molecule has 0 fully saturated rings. The second kappa shape index (κ2) is 6.98. The highest BCUT2D eigenvalue weighted by Crippen LogP contribution is 2.22. The van der Waals surface area contributed by atoms with E-state index in [-0.39, 0.29) is 11.3 Å². The first-order chi connectivity index (χ1) is 11.9. The summed E-state index contributed by atoms with van der Waals surface area (Å²) >= 11 is 5.78. The predicted octanol–water partition coefficient (Wildman–Crippen LogP) is 2.82. The van der Waals surface area contributed by atoms with E-state index in [4.69, 9.17) is 11.6 Å². The Morgan fingerprint density at radius 3 is 2.80 bits per heavy atom. The number of nitrogens with zero attached hydrogens (tertiary/aromatic N) is 5. The largest absolute Gasteiger partial charge is 0.433 e. The fraction of sp³-hybridized carbons (Fsp3) is 0.200. The number of pyridine rings is 2. The average molecular weight is 368 g/mol. The van der Waals surface area contributed by atoms with Crippen LogP contribution in [0.3, 0.4) is 0 Å². The monoisotopic (exact) mass is 367 g/mol. The van der Waals surface area contributed by atoms with Crippen LogP contribution in [0.4, 0.5) is 8.78 Å². The van der Waals surface area contributed by atoms with Crippen LogP contribution in [-0.2, 0) is 0 Å². The van der Waals surface area contributed by atoms with Crippen molar-refractivity contribution < 1.29 is 13.5 Å². The summed E-state index contributed by atoms with van der Waals surface area (Å²) in [6, 6.07) is 4.27. The van der Waals surface area contributed by atoms with Gasteiger partial charge < -0.3 is 4.74 Å². The number of aromatic nitrogens is 5. The first-order valence-corrected chi connectivity index (χ1v) is 7.51. The van der Waals surface area contributed by atoms with Crippen molar-refractivity contribution in [3.05, 3.63) is 58.4 Å². The molecule has 0 aliphatic carbocycles. The van der Waals surface area contributed by atoms with Gasteiger partial charge in [-0.25, -0.2) is 4.68 Å². The van der Waals surface area contributed by atoms with Gasteiger partial charge in [-0.3, -0.25) is 14.3 Å². The standard InChI is InChI=1S/C15H12ClF2N5O2/c1-9(22-3-2-11(16)5-14(22)24)23-8-13(20-21-23)10-4-12(7-19-6-10)25-15(17)18/h2-9,15H,1H3. The molecule has 3 aromatic heterocycles. The molecule has 25 heavy (non-hydrogen) atoms. The lowest BCUT2D eigenvalue weighted by atomic mass is 10.2. The van der Waals surface area contributed by atoms with E-state index in [1.54, 1.807) is 25.4 Å². The summed E-state index contributed by atoms with van der Waals surface area (Å²) in [5.74, 6) is -0.0796. The van der Waals surface area contributed by atoms with Crippen LogP contribution in [0.1, 0.15) is 13.1 Å². The zero-order chi connectivity index (χ0) is 18.0. The van der Waals surface area contributed by atoms with Crippen LogP contribution in [0.15, 0.2) is 47.8 Å². The third kappa shape index (κ3) is 3.82. The lowest BCUT2D eigenvalue weighted by Crippen LogP contribution is -2.26. The van der Waals surface area contributed by atoms with Gasteiger partial charge in [-0.2, -0.15) is 8.78 Å². The van der Waals surface area contributed by atoms with Gasteiger partial charge in [0.25, 0.3) is 5.56 Å². The maximum atomic E-state index is 12.3. The summed E-state index contributed by atoms with van der Waals surface area (Å²) in [4.78, 5) is 15.8. The Morgan fingerprint density at radius 2 is 2.08 bits per heavy atom. The zero-order valence-electron chi connectivity index (χ0n) is 12.9. The molecule has 0 N–H and O–H groups in total. The molecule has 1 unspecified atom stereocenters. The van der Waals surface area contributed by atoms with E-state index >= 15 is 0 Å². The van der Waals surface area contributed by atoms with E-state index in [2.05, 4.69) is 20.0 Å². The second-order valence-corrected chi connectivity index (χ2v) is 5.53. The molecule has 0 saturated carbocycles. The molecule has 0 aromatic carbocycles. The maximum Gasteiger partial charge on any atom is 0.387 e. The first kappa shape index (κ1) is 17.0. The topological polar surface area (TPSA) is 74.8 Å². The first-order valence-electron chi connectivity index (χ1n) is 7.14. The average Bonchev–Trinajstić information content (AvgIpc) is 3.04. The Morgan fingerprint density at radius 1 is 1.28 bits per heavy atom. The fourth-order valence-electron chi connectivity index (χ4n) is 2.22. The molecule has 130 valence electrons. The van der Waals surface area contributed by atoms with E-state index < -0.39 is 12.8 Å². The summed E-state index contributed by atoms with van der Waals surface area (Å²) in [6.07, 6.45) is 5.30. The van der Waals surface area contributed by atoms with Crippen molar-refractivity contribution >= 4 is 11.6 Å². The second-order valence-electron chi connectivity index (χ2n) is 5.09. The van der Waals surface area contributed by atoms with Gasteiger partial charge in [-0.15, -0.1) is 5.10 Å². The van der Waals surface area contributed by atoms with Gasteiger partial charge in [-0.1, -0.05) is 16.8 Å². The Balaban J connectivity index is 1.88. The van der Waals surface area contributed by atoms with Gasteiger partial charge in [0.05, 0.1) is 12.4 Å². The van der Waals surface area contributed by atoms with E-state index in [1.807, 2.05) is 0 Å². The minimum absolute atomic E-state index is 0.0796. The minimum atomic E-state index is -2.94. The van der Waals surface area contributed by atoms with Crippen molar-refractivity contribution in [2.75, 3.05) is 0 Å². The molecule has 0 spiro atoms. The summed E-state index contributed by atoms with van der Waals surface area (Å²) in [5, 5.41) is 8.31. The highest BCUT2D eigenvalue weighted by atomic mass is 35.5. The smallest absolute Gasteiger partial charge is 0.387 e. The molecule has 0 aliphatic rings. The van der Waals surface area contributed by atoms with Crippen molar-refractivity contribution in [3.63, 3.8) is 0 Å². The molecule has 3 aromatic rings. The third-order valence-corrected chi connectivity index (χ3v) is 3.68. The Hall–Kier alpha value is -2.81. The number of rotatable bonds is 5. The maximum absolute atomic E-state index is 12.3. The van der Waals surface area contributed by atoms with Crippen LogP contribution in [-0.4, -0.2) is 31.2 Å². The van der Waals surface area contributed by atoms with Gasteiger partial charge >= 0.3 is 6.61 Å². The highest BCUT2D eigenvalue weighted by Gasteiger charge is 2.13. The van der Waals surface area contributed by atoms with Crippen molar-refractivity contribution in [2.45, 2.75) is 19.7 Å². The molecule has 0 radical (unpaired) electrons. The molecule has 0 amide bonds. The number of halogens is 3. The van der Waals surface area contributed by atoms with Crippen LogP contribution in [0.5, 0.6) is 5.75 Å². The van der Waals surface area contributed by atoms with Crippen LogP contribution < -0.4 is 10.3 Å². The molecule has 3 heterocycles. The van der Waals surface area contributed by atoms with Crippen molar-refractivity contribution in [2.24, 2.45) is 0 Å². The third-order valence-electron chi connectivity index (χ3n) is 3.44. The molecular weight excluding hydrogens is 356 g/mol. The summed E-state index contributed by atoms with van der Waals surface area (Å²) in [6.45, 7) is -1.19. The normalized spacial score (nSPS) is 12.4. The SMILES string of the molecule is CC(n1cc(-c2cncc(OC(F)F)c2)nn1)n1ccc(Cl)cc1=O. The van der Waals surface area contributed by atoms with Gasteiger partial charge in [0.2, 0.25) is 0 Å². The number of hydrogen-bond donors (Lipinski definition) is 0. The molecule has 7 nitrogen and oxygen atoms in total. The van der Waals surface area contributed by atoms with Crippen molar-refractivity contribution in [1.82, 2.24) is 24.5 Å². The van der Waals surface area contributed by atoms with Crippen LogP contribution >= 0.6 is 11.6 Å². The zero-order valence-corrected chi connectivity index (χ0v) is 13.6. The van der Waals surface area contributed by atoms with Crippen LogP contribution in [0.25, 0.3) is 11.3 Å². The summed E-state index contributed by atoms with van der Waals surface area (Å²) in [5.41, 5.74) is 0.576. The molecule has 10 heteroatoms. The van der Waals surface area contributed by atoms with Gasteiger partial charge in [0, 0.05) is 29.0 Å². The van der Waals surface area contributed by atoms with E-state index in [0.29, 0.717) is 16.3 Å². The minimum Gasteiger partial charge on any atom is -0.433 e. The Bertz CT molecular complexity index is 943. The quantitative estimate of drug-likeness (QED) is 0.693. The van der Waals surface area contributed by atoms with Crippen molar-refractivity contribution in [1.29, 1.82) is 0 Å². The molecule has 0 saturated heterocycles. The Kier molecular flexibility index (Phi) is 4.75. The van der Waals surface area contributed by atoms with E-state index in [9.17, 15) is 13.6 Å². The summed E-state index contributed by atoms with van der Waals surface area (Å²) < 4.78 is 31.8. The van der Waals surface area contributed by atoms with Gasteiger partial charge in [-0.05, 0) is 19.1 Å². The highest BCUT2D eigenvalue weighted by molar-refractivity contribution is 6.30. The van der Waals surface area contributed by atoms with E-state index in [0.717, 1.165) is 0 Å². The lowest BCUT2D eigenvalue weighted by molar-refractivity contribution is -0.0500. The van der Waals surface area contributed by atoms with Crippen LogP contribution in [0.2, 0.25) is 5.02 Å². The molecular formula is C15H12ClF2N5O2. The number of alkyl halides is 2. The van der Waals surface area contributed by atoms with Crippen LogP contribution in [0, 0.1) is 0 Å².